The Bertz CT molecular complexity index is 798. The van der Waals surface area contributed by atoms with E-state index in [0.717, 1.165) is 40.7 Å². The van der Waals surface area contributed by atoms with Gasteiger partial charge in [0.05, 0.1) is 12.0 Å². The third-order valence-corrected chi connectivity index (χ3v) is 4.09. The second-order valence-corrected chi connectivity index (χ2v) is 5.67. The van der Waals surface area contributed by atoms with Crippen LogP contribution in [0.4, 0.5) is 0 Å². The van der Waals surface area contributed by atoms with E-state index < -0.39 is 0 Å². The highest BCUT2D eigenvalue weighted by molar-refractivity contribution is 6.08. The third kappa shape index (κ3) is 2.69. The average Bonchev–Trinajstić information content (AvgIpc) is 3.11. The van der Waals surface area contributed by atoms with Gasteiger partial charge in [-0.05, 0) is 18.9 Å². The second-order valence-electron chi connectivity index (χ2n) is 5.67. The number of ketones is 1. The van der Waals surface area contributed by atoms with E-state index in [1.54, 1.807) is 6.33 Å². The van der Waals surface area contributed by atoms with E-state index in [-0.39, 0.29) is 5.78 Å². The highest BCUT2D eigenvalue weighted by atomic mass is 16.1. The molecule has 0 amide bonds. The lowest BCUT2D eigenvalue weighted by atomic mass is 10.0. The number of hydrogen-bond donors (Lipinski definition) is 1. The molecule has 0 aliphatic carbocycles. The molecule has 0 bridgehead atoms. The lowest BCUT2D eigenvalue weighted by Crippen LogP contribution is -2.02. The Morgan fingerprint density at radius 1 is 1.27 bits per heavy atom. The van der Waals surface area contributed by atoms with Gasteiger partial charge in [-0.25, -0.2) is 4.98 Å². The largest absolute Gasteiger partial charge is 0.350 e. The summed E-state index contributed by atoms with van der Waals surface area (Å²) in [6.07, 6.45) is 6.91. The first-order valence-corrected chi connectivity index (χ1v) is 7.79. The molecule has 0 unspecified atom stereocenters. The molecule has 0 aliphatic heterocycles. The predicted molar refractivity (Wildman–Crippen MR) is 88.2 cm³/mol. The highest BCUT2D eigenvalue weighted by Crippen LogP contribution is 2.22. The quantitative estimate of drug-likeness (QED) is 0.705. The minimum atomic E-state index is 0.183. The standard InChI is InChI=1S/C18H21N3O/c1-3-6-15-16(20-12-19-15)9-10-18(22)14-11-21(2)17-8-5-4-7-13(14)17/h4-5,7-8,11-12H,3,6,9-10H2,1-2H3,(H,19,20). The van der Waals surface area contributed by atoms with Gasteiger partial charge in [0.1, 0.15) is 0 Å². The molecule has 2 heterocycles. The van der Waals surface area contributed by atoms with Crippen LogP contribution in [0.25, 0.3) is 10.9 Å². The van der Waals surface area contributed by atoms with E-state index in [2.05, 4.69) is 16.9 Å². The maximum absolute atomic E-state index is 12.6. The zero-order valence-electron chi connectivity index (χ0n) is 13.1. The summed E-state index contributed by atoms with van der Waals surface area (Å²) >= 11 is 0. The minimum absolute atomic E-state index is 0.183. The van der Waals surface area contributed by atoms with Crippen molar-refractivity contribution >= 4 is 16.7 Å². The number of aryl methyl sites for hydroxylation is 3. The molecule has 22 heavy (non-hydrogen) atoms. The van der Waals surface area contributed by atoms with Crippen LogP contribution in [0.1, 0.15) is 41.5 Å². The van der Waals surface area contributed by atoms with Crippen molar-refractivity contribution in [2.24, 2.45) is 7.05 Å². The number of benzene rings is 1. The minimum Gasteiger partial charge on any atom is -0.350 e. The van der Waals surface area contributed by atoms with Crippen molar-refractivity contribution in [3.05, 3.63) is 53.7 Å². The van der Waals surface area contributed by atoms with E-state index in [9.17, 15) is 4.79 Å². The van der Waals surface area contributed by atoms with Crippen LogP contribution in [0.2, 0.25) is 0 Å². The van der Waals surface area contributed by atoms with Gasteiger partial charge in [-0.15, -0.1) is 0 Å². The van der Waals surface area contributed by atoms with Crippen LogP contribution in [0.3, 0.4) is 0 Å². The Balaban J connectivity index is 1.78. The molecule has 0 aliphatic rings. The van der Waals surface area contributed by atoms with Gasteiger partial charge in [0.15, 0.2) is 5.78 Å². The van der Waals surface area contributed by atoms with Crippen molar-refractivity contribution in [2.45, 2.75) is 32.6 Å². The number of rotatable bonds is 6. The number of carbonyl (C=O) groups excluding carboxylic acids is 1. The van der Waals surface area contributed by atoms with Crippen molar-refractivity contribution in [1.82, 2.24) is 14.5 Å². The highest BCUT2D eigenvalue weighted by Gasteiger charge is 2.15. The molecular formula is C18H21N3O. The van der Waals surface area contributed by atoms with Gasteiger partial charge in [0.2, 0.25) is 0 Å². The molecule has 3 aromatic rings. The number of nitrogens with one attached hydrogen (secondary N) is 1. The molecule has 1 N–H and O–H groups in total. The Morgan fingerprint density at radius 3 is 2.91 bits per heavy atom. The van der Waals surface area contributed by atoms with Gasteiger partial charge in [-0.3, -0.25) is 4.79 Å². The van der Waals surface area contributed by atoms with Crippen LogP contribution < -0.4 is 0 Å². The van der Waals surface area contributed by atoms with Crippen molar-refractivity contribution in [3.63, 3.8) is 0 Å². The summed E-state index contributed by atoms with van der Waals surface area (Å²) in [5, 5.41) is 1.03. The summed E-state index contributed by atoms with van der Waals surface area (Å²) in [6.45, 7) is 2.14. The number of carbonyl (C=O) groups is 1. The van der Waals surface area contributed by atoms with Crippen molar-refractivity contribution < 1.29 is 4.79 Å². The summed E-state index contributed by atoms with van der Waals surface area (Å²) in [6, 6.07) is 8.03. The molecule has 0 fully saturated rings. The number of aromatic nitrogens is 3. The zero-order valence-corrected chi connectivity index (χ0v) is 13.1. The Kier molecular flexibility index (Phi) is 4.09. The van der Waals surface area contributed by atoms with Gasteiger partial charge >= 0.3 is 0 Å². The fourth-order valence-corrected chi connectivity index (χ4v) is 2.96. The molecule has 0 spiro atoms. The SMILES string of the molecule is CCCc1[nH]cnc1CCC(=O)c1cn(C)c2ccccc12. The first-order valence-electron chi connectivity index (χ1n) is 7.79. The number of imidazole rings is 1. The van der Waals surface area contributed by atoms with Crippen LogP contribution in [0.5, 0.6) is 0 Å². The Hall–Kier alpha value is -2.36. The van der Waals surface area contributed by atoms with E-state index in [4.69, 9.17) is 0 Å². The fraction of sp³-hybridized carbons (Fsp3) is 0.333. The molecule has 0 radical (unpaired) electrons. The van der Waals surface area contributed by atoms with Crippen LogP contribution in [0.15, 0.2) is 36.8 Å². The molecular weight excluding hydrogens is 274 g/mol. The molecule has 0 saturated heterocycles. The monoisotopic (exact) mass is 295 g/mol. The van der Waals surface area contributed by atoms with Crippen LogP contribution >= 0.6 is 0 Å². The number of aromatic amines is 1. The molecule has 4 nitrogen and oxygen atoms in total. The normalized spacial score (nSPS) is 11.2. The number of para-hydroxylation sites is 1. The van der Waals surface area contributed by atoms with Crippen LogP contribution in [0, 0.1) is 0 Å². The Morgan fingerprint density at radius 2 is 2.09 bits per heavy atom. The molecule has 3 rings (SSSR count). The van der Waals surface area contributed by atoms with Crippen molar-refractivity contribution in [1.29, 1.82) is 0 Å². The average molecular weight is 295 g/mol. The summed E-state index contributed by atoms with van der Waals surface area (Å²) in [7, 11) is 1.98. The van der Waals surface area contributed by atoms with Gasteiger partial charge in [0.25, 0.3) is 0 Å². The maximum atomic E-state index is 12.6. The lowest BCUT2D eigenvalue weighted by molar-refractivity contribution is 0.0984. The number of nitrogens with zero attached hydrogens (tertiary/aromatic N) is 2. The van der Waals surface area contributed by atoms with Crippen LogP contribution in [-0.4, -0.2) is 20.3 Å². The van der Waals surface area contributed by atoms with E-state index in [1.165, 1.54) is 0 Å². The number of Topliss-reactive ketones (excluding diaryl/α,β-unsaturated/α-hetero) is 1. The van der Waals surface area contributed by atoms with Gasteiger partial charge < -0.3 is 9.55 Å². The van der Waals surface area contributed by atoms with Crippen LogP contribution in [-0.2, 0) is 19.9 Å². The van der Waals surface area contributed by atoms with Gasteiger partial charge in [-0.1, -0.05) is 31.5 Å². The smallest absolute Gasteiger partial charge is 0.165 e. The molecule has 1 aromatic carbocycles. The summed E-state index contributed by atoms with van der Waals surface area (Å²) in [5.74, 6) is 0.183. The van der Waals surface area contributed by atoms with E-state index >= 15 is 0 Å². The van der Waals surface area contributed by atoms with E-state index in [1.807, 2.05) is 42.1 Å². The topological polar surface area (TPSA) is 50.7 Å². The summed E-state index contributed by atoms with van der Waals surface area (Å²) in [5.41, 5.74) is 4.09. The number of hydrogen-bond acceptors (Lipinski definition) is 2. The first kappa shape index (κ1) is 14.6. The number of fused-ring (bicyclic) bond motifs is 1. The molecule has 114 valence electrons. The van der Waals surface area contributed by atoms with Crippen molar-refractivity contribution in [2.75, 3.05) is 0 Å². The first-order chi connectivity index (χ1) is 10.7. The second kappa shape index (κ2) is 6.18. The molecule has 0 atom stereocenters. The Labute approximate surface area is 130 Å². The summed E-state index contributed by atoms with van der Waals surface area (Å²) in [4.78, 5) is 20.1. The summed E-state index contributed by atoms with van der Waals surface area (Å²) < 4.78 is 2.01. The molecule has 0 saturated carbocycles. The predicted octanol–water partition coefficient (Wildman–Crippen LogP) is 3.67. The zero-order chi connectivity index (χ0) is 15.5. The number of H-pyrrole nitrogens is 1. The fourth-order valence-electron chi connectivity index (χ4n) is 2.96. The maximum Gasteiger partial charge on any atom is 0.165 e. The van der Waals surface area contributed by atoms with Gasteiger partial charge in [0, 0.05) is 41.8 Å². The molecule has 4 heteroatoms. The lowest BCUT2D eigenvalue weighted by Gasteiger charge is -2.01. The third-order valence-electron chi connectivity index (χ3n) is 4.09. The van der Waals surface area contributed by atoms with Crippen molar-refractivity contribution in [3.8, 4) is 0 Å². The van der Waals surface area contributed by atoms with Gasteiger partial charge in [-0.2, -0.15) is 0 Å². The molecule has 2 aromatic heterocycles. The van der Waals surface area contributed by atoms with E-state index in [0.29, 0.717) is 12.8 Å².